The molecule has 0 rings (SSSR count). The van der Waals surface area contributed by atoms with Crippen molar-refractivity contribution < 1.29 is 0 Å². The second kappa shape index (κ2) is 3.79. The lowest BCUT2D eigenvalue weighted by molar-refractivity contribution is 1.63. The number of alkyl halides is 2. The van der Waals surface area contributed by atoms with Crippen LogP contribution in [-0.4, -0.2) is 4.84 Å². The van der Waals surface area contributed by atoms with Crippen LogP contribution in [0.25, 0.3) is 0 Å². The van der Waals surface area contributed by atoms with Crippen molar-refractivity contribution >= 4 is 34.8 Å². The van der Waals surface area contributed by atoms with Gasteiger partial charge in [-0.1, -0.05) is 11.6 Å². The Hall–Kier alpha value is 0.610. The quantitative estimate of drug-likeness (QED) is 0.498. The molecule has 0 spiro atoms. The minimum Gasteiger partial charge on any atom is -0.101 e. The zero-order valence-electron chi connectivity index (χ0n) is 2.87. The van der Waals surface area contributed by atoms with E-state index in [0.717, 1.165) is 0 Å². The maximum atomic E-state index is 5.17. The van der Waals surface area contributed by atoms with Crippen LogP contribution in [0.3, 0.4) is 0 Å². The second-order valence-electron chi connectivity index (χ2n) is 0.653. The summed E-state index contributed by atoms with van der Waals surface area (Å²) in [6, 6.07) is 0. The summed E-state index contributed by atoms with van der Waals surface area (Å²) >= 11 is 15.4. The predicted molar refractivity (Wildman–Crippen MR) is 30.5 cm³/mol. The topological polar surface area (TPSA) is 0 Å². The summed E-state index contributed by atoms with van der Waals surface area (Å²) in [6.07, 6.45) is 1.46. The molecule has 0 aliphatic rings. The molecular weight excluding hydrogens is 142 g/mol. The first-order chi connectivity index (χ1) is 2.77. The Balaban J connectivity index is 3.03. The Kier molecular flexibility index (Phi) is 4.17. The number of rotatable bonds is 1. The van der Waals surface area contributed by atoms with Crippen molar-refractivity contribution in [1.29, 1.82) is 0 Å². The highest BCUT2D eigenvalue weighted by Gasteiger charge is 1.83. The highest BCUT2D eigenvalue weighted by molar-refractivity contribution is 6.46. The van der Waals surface area contributed by atoms with Crippen LogP contribution < -0.4 is 0 Å². The molecule has 36 valence electrons. The summed E-state index contributed by atoms with van der Waals surface area (Å²) < 4.78 is 0. The minimum absolute atomic E-state index is 0.470. The number of hydrogen-bond acceptors (Lipinski definition) is 0. The molecule has 0 N–H and O–H groups in total. The zero-order chi connectivity index (χ0) is 4.99. The van der Waals surface area contributed by atoms with Crippen LogP contribution >= 0.6 is 34.8 Å². The molecule has 0 aliphatic carbocycles. The molecule has 0 saturated heterocycles. The van der Waals surface area contributed by atoms with Crippen LogP contribution in [0.1, 0.15) is 0 Å². The van der Waals surface area contributed by atoms with Gasteiger partial charge in [0.15, 0.2) is 0 Å². The lowest BCUT2D eigenvalue weighted by atomic mass is 10.8. The summed E-state index contributed by atoms with van der Waals surface area (Å²) in [6.45, 7) is 0. The largest absolute Gasteiger partial charge is 0.127 e. The van der Waals surface area contributed by atoms with Crippen LogP contribution in [-0.2, 0) is 0 Å². The highest BCUT2D eigenvalue weighted by atomic mass is 35.5. The van der Waals surface area contributed by atoms with Crippen molar-refractivity contribution in [3.63, 3.8) is 0 Å². The van der Waals surface area contributed by atoms with E-state index in [4.69, 9.17) is 34.8 Å². The molecule has 0 aromatic heterocycles. The molecule has 0 aliphatic heterocycles. The SMILES string of the molecule is Cl/C=C/C(Cl)Cl. The van der Waals surface area contributed by atoms with E-state index in [1.165, 1.54) is 11.6 Å². The molecule has 3 heteroatoms. The van der Waals surface area contributed by atoms with Crippen LogP contribution in [0.5, 0.6) is 0 Å². The number of hydrogen-bond donors (Lipinski definition) is 0. The van der Waals surface area contributed by atoms with E-state index in [0.29, 0.717) is 0 Å². The average molecular weight is 145 g/mol. The molecule has 0 heterocycles. The lowest BCUT2D eigenvalue weighted by Gasteiger charge is -1.80. The Bertz CT molecular complexity index is 48.0. The molecule has 0 nitrogen and oxygen atoms in total. The van der Waals surface area contributed by atoms with Gasteiger partial charge in [0.05, 0.1) is 0 Å². The molecule has 0 fully saturated rings. The Labute approximate surface area is 51.7 Å². The fourth-order valence-corrected chi connectivity index (χ4v) is 0.495. The van der Waals surface area contributed by atoms with Gasteiger partial charge >= 0.3 is 0 Å². The predicted octanol–water partition coefficient (Wildman–Crippen LogP) is 2.54. The Morgan fingerprint density at radius 1 is 1.33 bits per heavy atom. The second-order valence-corrected chi connectivity index (χ2v) is 2.07. The summed E-state index contributed by atoms with van der Waals surface area (Å²) in [5.41, 5.74) is 1.28. The van der Waals surface area contributed by atoms with Gasteiger partial charge in [-0.05, 0) is 6.08 Å². The summed E-state index contributed by atoms with van der Waals surface area (Å²) in [5, 5.41) is 0. The number of halogens is 3. The lowest BCUT2D eigenvalue weighted by Crippen LogP contribution is -1.70. The van der Waals surface area contributed by atoms with Gasteiger partial charge < -0.3 is 0 Å². The third-order valence-electron chi connectivity index (χ3n) is 0.218. The summed E-state index contributed by atoms with van der Waals surface area (Å²) in [4.78, 5) is -0.470. The van der Waals surface area contributed by atoms with E-state index in [1.807, 2.05) is 0 Å². The van der Waals surface area contributed by atoms with Gasteiger partial charge in [0.1, 0.15) is 4.84 Å². The van der Waals surface area contributed by atoms with E-state index in [2.05, 4.69) is 0 Å². The molecule has 0 amide bonds. The van der Waals surface area contributed by atoms with Gasteiger partial charge in [0.2, 0.25) is 0 Å². The third-order valence-corrected chi connectivity index (χ3v) is 0.655. The summed E-state index contributed by atoms with van der Waals surface area (Å²) in [5.74, 6) is 0. The fourth-order valence-electron chi connectivity index (χ4n) is 0.0550. The molecule has 0 aromatic rings. The first kappa shape index (κ1) is 6.61. The smallest absolute Gasteiger partial charge is 0.101 e. The minimum atomic E-state index is -0.470. The molecule has 0 aromatic carbocycles. The first-order valence-electron chi connectivity index (χ1n) is 1.32. The van der Waals surface area contributed by atoms with Gasteiger partial charge in [-0.3, -0.25) is 0 Å². The van der Waals surface area contributed by atoms with Crippen molar-refractivity contribution in [2.24, 2.45) is 0 Å². The average Bonchev–Trinajstić information content (AvgIpc) is 1.35. The van der Waals surface area contributed by atoms with Crippen LogP contribution in [0.2, 0.25) is 0 Å². The zero-order valence-corrected chi connectivity index (χ0v) is 5.13. The van der Waals surface area contributed by atoms with Crippen LogP contribution in [0, 0.1) is 0 Å². The van der Waals surface area contributed by atoms with Gasteiger partial charge in [-0.15, -0.1) is 23.2 Å². The summed E-state index contributed by atoms with van der Waals surface area (Å²) in [7, 11) is 0. The molecule has 0 bridgehead atoms. The molecule has 0 unspecified atom stereocenters. The van der Waals surface area contributed by atoms with E-state index in [9.17, 15) is 0 Å². The number of allylic oxidation sites excluding steroid dienone is 1. The van der Waals surface area contributed by atoms with Gasteiger partial charge in [0.25, 0.3) is 0 Å². The third kappa shape index (κ3) is 4.61. The Morgan fingerprint density at radius 3 is 1.83 bits per heavy atom. The maximum Gasteiger partial charge on any atom is 0.127 e. The maximum absolute atomic E-state index is 5.17. The van der Waals surface area contributed by atoms with Crippen molar-refractivity contribution in [3.05, 3.63) is 11.6 Å². The van der Waals surface area contributed by atoms with E-state index < -0.39 is 4.84 Å². The van der Waals surface area contributed by atoms with E-state index in [-0.39, 0.29) is 0 Å². The molecule has 0 radical (unpaired) electrons. The van der Waals surface area contributed by atoms with Crippen molar-refractivity contribution in [2.45, 2.75) is 4.84 Å². The van der Waals surface area contributed by atoms with E-state index in [1.54, 1.807) is 0 Å². The van der Waals surface area contributed by atoms with Crippen molar-refractivity contribution in [2.75, 3.05) is 0 Å². The monoisotopic (exact) mass is 144 g/mol. The molecule has 0 saturated carbocycles. The van der Waals surface area contributed by atoms with Crippen LogP contribution in [0.4, 0.5) is 0 Å². The highest BCUT2D eigenvalue weighted by Crippen LogP contribution is 2.02. The van der Waals surface area contributed by atoms with Crippen LogP contribution in [0.15, 0.2) is 11.6 Å². The van der Waals surface area contributed by atoms with Gasteiger partial charge in [-0.25, -0.2) is 0 Å². The first-order valence-corrected chi connectivity index (χ1v) is 2.63. The standard InChI is InChI=1S/C3H3Cl3/c4-2-1-3(5)6/h1-3H/b2-1+. The van der Waals surface area contributed by atoms with E-state index >= 15 is 0 Å². The molecule has 0 atom stereocenters. The molecule has 6 heavy (non-hydrogen) atoms. The van der Waals surface area contributed by atoms with Crippen molar-refractivity contribution in [3.8, 4) is 0 Å². The van der Waals surface area contributed by atoms with Crippen molar-refractivity contribution in [1.82, 2.24) is 0 Å². The van der Waals surface area contributed by atoms with Gasteiger partial charge in [0, 0.05) is 5.54 Å². The van der Waals surface area contributed by atoms with Gasteiger partial charge in [-0.2, -0.15) is 0 Å². The Morgan fingerprint density at radius 2 is 1.83 bits per heavy atom. The fraction of sp³-hybridized carbons (Fsp3) is 0.333. The normalized spacial score (nSPS) is 11.3. The molecular formula is C3H3Cl3.